The molecule has 1 aromatic rings. The van der Waals surface area contributed by atoms with Crippen molar-refractivity contribution in [2.45, 2.75) is 26.8 Å². The predicted molar refractivity (Wildman–Crippen MR) is 79.4 cm³/mol. The van der Waals surface area contributed by atoms with E-state index in [9.17, 15) is 13.2 Å². The molecule has 1 aliphatic heterocycles. The molecule has 7 nitrogen and oxygen atoms in total. The van der Waals surface area contributed by atoms with Crippen molar-refractivity contribution in [3.05, 3.63) is 16.4 Å². The SMILES string of the molecule is Cc1nn(CC(=O)N2CC[C@@H](CS(N)(=O)=O)C2)c(C)c1Cl. The third-order valence-electron chi connectivity index (χ3n) is 3.68. The summed E-state index contributed by atoms with van der Waals surface area (Å²) in [6.07, 6.45) is 0.653. The monoisotopic (exact) mass is 334 g/mol. The Morgan fingerprint density at radius 2 is 2.14 bits per heavy atom. The van der Waals surface area contributed by atoms with Crippen molar-refractivity contribution in [1.82, 2.24) is 14.7 Å². The molecule has 21 heavy (non-hydrogen) atoms. The van der Waals surface area contributed by atoms with Crippen LogP contribution in [0.25, 0.3) is 0 Å². The number of primary sulfonamides is 1. The molecule has 118 valence electrons. The third kappa shape index (κ3) is 3.96. The predicted octanol–water partition coefficient (Wildman–Crippen LogP) is 0.290. The highest BCUT2D eigenvalue weighted by Gasteiger charge is 2.29. The van der Waals surface area contributed by atoms with Crippen LogP contribution in [0.15, 0.2) is 0 Å². The largest absolute Gasteiger partial charge is 0.341 e. The van der Waals surface area contributed by atoms with E-state index in [1.165, 1.54) is 0 Å². The van der Waals surface area contributed by atoms with E-state index in [2.05, 4.69) is 5.10 Å². The summed E-state index contributed by atoms with van der Waals surface area (Å²) in [5, 5.41) is 9.83. The Kier molecular flexibility index (Phi) is 4.60. The van der Waals surface area contributed by atoms with Crippen LogP contribution < -0.4 is 5.14 Å². The Morgan fingerprint density at radius 1 is 1.48 bits per heavy atom. The molecule has 2 heterocycles. The molecule has 0 aliphatic carbocycles. The minimum absolute atomic E-state index is 0.0808. The first-order chi connectivity index (χ1) is 9.67. The zero-order valence-electron chi connectivity index (χ0n) is 12.0. The van der Waals surface area contributed by atoms with E-state index in [0.29, 0.717) is 30.2 Å². The first-order valence-corrected chi connectivity index (χ1v) is 8.74. The molecule has 2 N–H and O–H groups in total. The van der Waals surface area contributed by atoms with E-state index in [1.54, 1.807) is 16.5 Å². The van der Waals surface area contributed by atoms with E-state index in [4.69, 9.17) is 16.7 Å². The van der Waals surface area contributed by atoms with Crippen molar-refractivity contribution in [3.8, 4) is 0 Å². The summed E-state index contributed by atoms with van der Waals surface area (Å²) in [6, 6.07) is 0. The normalized spacial score (nSPS) is 19.2. The fraction of sp³-hybridized carbons (Fsp3) is 0.667. The maximum Gasteiger partial charge on any atom is 0.244 e. The molecule has 1 saturated heterocycles. The summed E-state index contributed by atoms with van der Waals surface area (Å²) < 4.78 is 23.7. The van der Waals surface area contributed by atoms with Crippen molar-refractivity contribution >= 4 is 27.5 Å². The number of hydrogen-bond donors (Lipinski definition) is 1. The van der Waals surface area contributed by atoms with E-state index < -0.39 is 10.0 Å². The number of nitrogens with zero attached hydrogens (tertiary/aromatic N) is 3. The van der Waals surface area contributed by atoms with E-state index >= 15 is 0 Å². The van der Waals surface area contributed by atoms with Crippen LogP contribution in [0.3, 0.4) is 0 Å². The minimum Gasteiger partial charge on any atom is -0.341 e. The van der Waals surface area contributed by atoms with Crippen molar-refractivity contribution in [2.75, 3.05) is 18.8 Å². The lowest BCUT2D eigenvalue weighted by atomic mass is 10.2. The van der Waals surface area contributed by atoms with Crippen LogP contribution in [-0.4, -0.2) is 47.8 Å². The van der Waals surface area contributed by atoms with Gasteiger partial charge in [0.15, 0.2) is 0 Å². The van der Waals surface area contributed by atoms with Crippen LogP contribution in [0.1, 0.15) is 17.8 Å². The molecule has 1 fully saturated rings. The maximum atomic E-state index is 12.2. The first kappa shape index (κ1) is 16.3. The fourth-order valence-electron chi connectivity index (χ4n) is 2.58. The molecule has 9 heteroatoms. The van der Waals surface area contributed by atoms with Gasteiger partial charge in [-0.3, -0.25) is 9.48 Å². The summed E-state index contributed by atoms with van der Waals surface area (Å²) >= 11 is 6.05. The molecule has 1 aromatic heterocycles. The van der Waals surface area contributed by atoms with E-state index in [1.807, 2.05) is 6.92 Å². The summed E-state index contributed by atoms with van der Waals surface area (Å²) in [4.78, 5) is 13.9. The summed E-state index contributed by atoms with van der Waals surface area (Å²) in [6.45, 7) is 4.67. The van der Waals surface area contributed by atoms with E-state index in [-0.39, 0.29) is 24.1 Å². The number of sulfonamides is 1. The van der Waals surface area contributed by atoms with Gasteiger partial charge in [-0.15, -0.1) is 0 Å². The molecule has 1 atom stereocenters. The lowest BCUT2D eigenvalue weighted by Crippen LogP contribution is -2.33. The van der Waals surface area contributed by atoms with Gasteiger partial charge in [-0.2, -0.15) is 5.10 Å². The molecule has 1 amide bonds. The number of carbonyl (C=O) groups excluding carboxylic acids is 1. The van der Waals surface area contributed by atoms with Gasteiger partial charge in [0.05, 0.1) is 22.2 Å². The fourth-order valence-corrected chi connectivity index (χ4v) is 3.65. The second-order valence-corrected chi connectivity index (χ2v) is 7.50. The Morgan fingerprint density at radius 3 is 2.67 bits per heavy atom. The topological polar surface area (TPSA) is 98.3 Å². The molecule has 0 unspecified atom stereocenters. The second-order valence-electron chi connectivity index (χ2n) is 5.47. The number of halogens is 1. The highest BCUT2D eigenvalue weighted by molar-refractivity contribution is 7.89. The number of nitrogens with two attached hydrogens (primary N) is 1. The van der Waals surface area contributed by atoms with Gasteiger partial charge in [0.2, 0.25) is 15.9 Å². The van der Waals surface area contributed by atoms with Gasteiger partial charge in [0, 0.05) is 13.1 Å². The average molecular weight is 335 g/mol. The molecule has 0 aromatic carbocycles. The Balaban J connectivity index is 1.97. The van der Waals surface area contributed by atoms with Gasteiger partial charge < -0.3 is 4.90 Å². The van der Waals surface area contributed by atoms with Crippen molar-refractivity contribution in [2.24, 2.45) is 11.1 Å². The van der Waals surface area contributed by atoms with Gasteiger partial charge in [0.1, 0.15) is 6.54 Å². The van der Waals surface area contributed by atoms with Crippen LogP contribution >= 0.6 is 11.6 Å². The van der Waals surface area contributed by atoms with Gasteiger partial charge >= 0.3 is 0 Å². The summed E-state index contributed by atoms with van der Waals surface area (Å²) in [5.74, 6) is -0.259. The lowest BCUT2D eigenvalue weighted by Gasteiger charge is -2.17. The van der Waals surface area contributed by atoms with Crippen LogP contribution in [0, 0.1) is 19.8 Å². The van der Waals surface area contributed by atoms with Gasteiger partial charge in [-0.05, 0) is 26.2 Å². The van der Waals surface area contributed by atoms with Crippen LogP contribution in [0.2, 0.25) is 5.02 Å². The van der Waals surface area contributed by atoms with Crippen molar-refractivity contribution in [1.29, 1.82) is 0 Å². The van der Waals surface area contributed by atoms with E-state index in [0.717, 1.165) is 5.69 Å². The zero-order valence-corrected chi connectivity index (χ0v) is 13.6. The second kappa shape index (κ2) is 5.94. The number of amides is 1. The third-order valence-corrected chi connectivity index (χ3v) is 5.17. The molecule has 0 bridgehead atoms. The standard InChI is InChI=1S/C12H19ClN4O3S/c1-8-12(13)9(2)17(15-8)6-11(18)16-4-3-10(5-16)7-21(14,19)20/h10H,3-7H2,1-2H3,(H2,14,19,20)/t10-/m1/s1. The molecule has 2 rings (SSSR count). The summed E-state index contributed by atoms with van der Waals surface area (Å²) in [7, 11) is -3.50. The lowest BCUT2D eigenvalue weighted by molar-refractivity contribution is -0.131. The Bertz CT molecular complexity index is 656. The van der Waals surface area contributed by atoms with Gasteiger partial charge in [0.25, 0.3) is 0 Å². The number of hydrogen-bond acceptors (Lipinski definition) is 4. The summed E-state index contributed by atoms with van der Waals surface area (Å²) in [5.41, 5.74) is 1.44. The van der Waals surface area contributed by atoms with Crippen LogP contribution in [0.4, 0.5) is 0 Å². The molecular formula is C12H19ClN4O3S. The Labute approximate surface area is 129 Å². The molecule has 0 spiro atoms. The average Bonchev–Trinajstić information content (AvgIpc) is 2.89. The minimum atomic E-state index is -3.50. The van der Waals surface area contributed by atoms with Crippen molar-refractivity contribution < 1.29 is 13.2 Å². The number of aryl methyl sites for hydroxylation is 1. The molecule has 1 aliphatic rings. The zero-order chi connectivity index (χ0) is 15.8. The molecular weight excluding hydrogens is 316 g/mol. The quantitative estimate of drug-likeness (QED) is 0.855. The highest BCUT2D eigenvalue weighted by atomic mass is 35.5. The van der Waals surface area contributed by atoms with Crippen LogP contribution in [0.5, 0.6) is 0 Å². The molecule has 0 radical (unpaired) electrons. The number of carbonyl (C=O) groups is 1. The van der Waals surface area contributed by atoms with Gasteiger partial charge in [-0.1, -0.05) is 11.6 Å². The van der Waals surface area contributed by atoms with Gasteiger partial charge in [-0.25, -0.2) is 13.6 Å². The number of aromatic nitrogens is 2. The smallest absolute Gasteiger partial charge is 0.244 e. The number of likely N-dealkylation sites (tertiary alicyclic amines) is 1. The molecule has 0 saturated carbocycles. The Hall–Kier alpha value is -1.12. The number of rotatable bonds is 4. The highest BCUT2D eigenvalue weighted by Crippen LogP contribution is 2.21. The van der Waals surface area contributed by atoms with Crippen molar-refractivity contribution in [3.63, 3.8) is 0 Å². The maximum absolute atomic E-state index is 12.2. The first-order valence-electron chi connectivity index (χ1n) is 6.65. The van der Waals surface area contributed by atoms with Crippen LogP contribution in [-0.2, 0) is 21.4 Å².